The number of nitrogens with two attached hydrogens (primary N) is 1. The van der Waals surface area contributed by atoms with Gasteiger partial charge in [0, 0.05) is 38.4 Å². The van der Waals surface area contributed by atoms with Gasteiger partial charge in [0.2, 0.25) is 0 Å². The lowest BCUT2D eigenvalue weighted by Crippen LogP contribution is -2.55. The molecule has 0 aromatic carbocycles. The lowest BCUT2D eigenvalue weighted by Gasteiger charge is -2.40. The molecule has 0 bridgehead atoms. The molecule has 2 saturated heterocycles. The number of rotatable bonds is 4. The molecule has 2 aliphatic heterocycles. The summed E-state index contributed by atoms with van der Waals surface area (Å²) in [5, 5.41) is 0. The maximum atomic E-state index is 6.04. The quantitative estimate of drug-likeness (QED) is 0.772. The fourth-order valence-corrected chi connectivity index (χ4v) is 3.20. The zero-order chi connectivity index (χ0) is 12.3. The second-order valence-corrected chi connectivity index (χ2v) is 5.85. The molecule has 2 rings (SSSR count). The van der Waals surface area contributed by atoms with Gasteiger partial charge in [-0.15, -0.1) is 0 Å². The van der Waals surface area contributed by atoms with E-state index in [1.54, 1.807) is 0 Å². The van der Waals surface area contributed by atoms with E-state index in [2.05, 4.69) is 23.9 Å². The van der Waals surface area contributed by atoms with Crippen molar-refractivity contribution >= 4 is 0 Å². The Morgan fingerprint density at radius 2 is 2.12 bits per heavy atom. The molecule has 0 aromatic rings. The summed E-state index contributed by atoms with van der Waals surface area (Å²) in [7, 11) is 4.45. The van der Waals surface area contributed by atoms with Gasteiger partial charge < -0.3 is 15.4 Å². The smallest absolute Gasteiger partial charge is 0.0469 e. The Morgan fingerprint density at radius 3 is 2.65 bits per heavy atom. The molecule has 1 unspecified atom stereocenters. The van der Waals surface area contributed by atoms with Crippen LogP contribution in [0.2, 0.25) is 0 Å². The first-order valence-corrected chi connectivity index (χ1v) is 6.84. The van der Waals surface area contributed by atoms with Crippen molar-refractivity contribution in [3.63, 3.8) is 0 Å². The van der Waals surface area contributed by atoms with Crippen LogP contribution in [0.4, 0.5) is 0 Å². The summed E-state index contributed by atoms with van der Waals surface area (Å²) in [6.07, 6.45) is 3.63. The van der Waals surface area contributed by atoms with Crippen LogP contribution < -0.4 is 5.73 Å². The number of nitrogens with zero attached hydrogens (tertiary/aromatic N) is 2. The third kappa shape index (κ3) is 2.99. The van der Waals surface area contributed by atoms with Gasteiger partial charge in [-0.2, -0.15) is 0 Å². The van der Waals surface area contributed by atoms with Crippen molar-refractivity contribution in [2.75, 3.05) is 53.5 Å². The highest BCUT2D eigenvalue weighted by Crippen LogP contribution is 2.27. The molecular formula is C13H27N3O. The second kappa shape index (κ2) is 5.65. The summed E-state index contributed by atoms with van der Waals surface area (Å²) in [4.78, 5) is 4.92. The third-order valence-electron chi connectivity index (χ3n) is 4.59. The van der Waals surface area contributed by atoms with Crippen molar-refractivity contribution in [3.8, 4) is 0 Å². The van der Waals surface area contributed by atoms with Crippen LogP contribution in [-0.4, -0.2) is 68.8 Å². The van der Waals surface area contributed by atoms with E-state index in [4.69, 9.17) is 10.5 Å². The zero-order valence-electron chi connectivity index (χ0n) is 11.3. The predicted octanol–water partition coefficient (Wildman–Crippen LogP) is 0.378. The van der Waals surface area contributed by atoms with Gasteiger partial charge in [0.25, 0.3) is 0 Å². The summed E-state index contributed by atoms with van der Waals surface area (Å²) in [5.74, 6) is 0.795. The predicted molar refractivity (Wildman–Crippen MR) is 70.1 cm³/mol. The molecule has 0 aliphatic carbocycles. The first-order chi connectivity index (χ1) is 8.16. The van der Waals surface area contributed by atoms with Gasteiger partial charge in [-0.3, -0.25) is 4.90 Å². The first-order valence-electron chi connectivity index (χ1n) is 6.84. The largest absolute Gasteiger partial charge is 0.381 e. The molecule has 2 fully saturated rings. The Morgan fingerprint density at radius 1 is 1.41 bits per heavy atom. The molecule has 4 nitrogen and oxygen atoms in total. The summed E-state index contributed by atoms with van der Waals surface area (Å²) < 4.78 is 5.42. The molecule has 4 heteroatoms. The van der Waals surface area contributed by atoms with Crippen LogP contribution in [0.1, 0.15) is 19.3 Å². The van der Waals surface area contributed by atoms with Gasteiger partial charge in [-0.1, -0.05) is 0 Å². The number of ether oxygens (including phenoxy) is 1. The lowest BCUT2D eigenvalue weighted by molar-refractivity contribution is 0.0364. The maximum Gasteiger partial charge on any atom is 0.0469 e. The number of likely N-dealkylation sites (N-methyl/N-ethyl adjacent to an activating group) is 2. The van der Waals surface area contributed by atoms with Crippen molar-refractivity contribution in [3.05, 3.63) is 0 Å². The minimum absolute atomic E-state index is 0.215. The van der Waals surface area contributed by atoms with Crippen LogP contribution in [0.5, 0.6) is 0 Å². The fraction of sp³-hybridized carbons (Fsp3) is 1.00. The minimum Gasteiger partial charge on any atom is -0.381 e. The Balaban J connectivity index is 1.90. The standard InChI is InChI=1S/C13H27N3O/c1-15-6-5-13(10-14,11-15)16(2)9-12-3-7-17-8-4-12/h12H,3-11,14H2,1-2H3. The fourth-order valence-electron chi connectivity index (χ4n) is 3.20. The number of likely N-dealkylation sites (tertiary alicyclic amines) is 1. The summed E-state index contributed by atoms with van der Waals surface area (Å²) in [6, 6.07) is 0. The molecule has 100 valence electrons. The Bertz CT molecular complexity index is 243. The topological polar surface area (TPSA) is 41.7 Å². The number of hydrogen-bond donors (Lipinski definition) is 1. The highest BCUT2D eigenvalue weighted by molar-refractivity contribution is 4.98. The normalized spacial score (nSPS) is 32.5. The average Bonchev–Trinajstić information content (AvgIpc) is 2.73. The molecule has 2 N–H and O–H groups in total. The molecule has 0 amide bonds. The van der Waals surface area contributed by atoms with Gasteiger partial charge in [-0.05, 0) is 45.8 Å². The van der Waals surface area contributed by atoms with E-state index >= 15 is 0 Å². The van der Waals surface area contributed by atoms with E-state index in [0.717, 1.165) is 32.2 Å². The van der Waals surface area contributed by atoms with Crippen LogP contribution in [0.25, 0.3) is 0 Å². The van der Waals surface area contributed by atoms with Crippen LogP contribution in [-0.2, 0) is 4.74 Å². The van der Waals surface area contributed by atoms with E-state index in [0.29, 0.717) is 0 Å². The van der Waals surface area contributed by atoms with Crippen LogP contribution >= 0.6 is 0 Å². The monoisotopic (exact) mass is 241 g/mol. The van der Waals surface area contributed by atoms with Gasteiger partial charge in [0.1, 0.15) is 0 Å². The summed E-state index contributed by atoms with van der Waals surface area (Å²) in [6.45, 7) is 6.12. The van der Waals surface area contributed by atoms with Crippen LogP contribution in [0.3, 0.4) is 0 Å². The molecule has 2 aliphatic rings. The lowest BCUT2D eigenvalue weighted by atomic mass is 9.93. The SMILES string of the molecule is CN1CCC(CN)(N(C)CC2CCOCC2)C1. The van der Waals surface area contributed by atoms with E-state index < -0.39 is 0 Å². The first kappa shape index (κ1) is 13.3. The van der Waals surface area contributed by atoms with Crippen LogP contribution in [0.15, 0.2) is 0 Å². The van der Waals surface area contributed by atoms with Crippen molar-refractivity contribution in [2.45, 2.75) is 24.8 Å². The molecule has 0 aromatic heterocycles. The van der Waals surface area contributed by atoms with Gasteiger partial charge in [-0.25, -0.2) is 0 Å². The molecule has 17 heavy (non-hydrogen) atoms. The Hall–Kier alpha value is -0.160. The van der Waals surface area contributed by atoms with Crippen LogP contribution in [0, 0.1) is 5.92 Å². The van der Waals surface area contributed by atoms with E-state index in [-0.39, 0.29) is 5.54 Å². The van der Waals surface area contributed by atoms with E-state index in [1.807, 2.05) is 0 Å². The molecular weight excluding hydrogens is 214 g/mol. The highest BCUT2D eigenvalue weighted by Gasteiger charge is 2.39. The maximum absolute atomic E-state index is 6.04. The average molecular weight is 241 g/mol. The molecule has 2 heterocycles. The molecule has 0 spiro atoms. The van der Waals surface area contributed by atoms with Crippen molar-refractivity contribution in [2.24, 2.45) is 11.7 Å². The van der Waals surface area contributed by atoms with Crippen molar-refractivity contribution < 1.29 is 4.74 Å². The van der Waals surface area contributed by atoms with Crippen molar-refractivity contribution in [1.29, 1.82) is 0 Å². The van der Waals surface area contributed by atoms with E-state index in [1.165, 1.54) is 32.4 Å². The zero-order valence-corrected chi connectivity index (χ0v) is 11.3. The summed E-state index contributed by atoms with van der Waals surface area (Å²) in [5.41, 5.74) is 6.26. The van der Waals surface area contributed by atoms with Gasteiger partial charge in [0.05, 0.1) is 0 Å². The highest BCUT2D eigenvalue weighted by atomic mass is 16.5. The van der Waals surface area contributed by atoms with Crippen molar-refractivity contribution in [1.82, 2.24) is 9.80 Å². The Labute approximate surface area is 105 Å². The molecule has 1 atom stereocenters. The molecule has 0 radical (unpaired) electrons. The Kier molecular flexibility index (Phi) is 4.42. The van der Waals surface area contributed by atoms with Gasteiger partial charge >= 0.3 is 0 Å². The third-order valence-corrected chi connectivity index (χ3v) is 4.59. The molecule has 0 saturated carbocycles. The minimum atomic E-state index is 0.215. The van der Waals surface area contributed by atoms with Gasteiger partial charge in [0.15, 0.2) is 0 Å². The second-order valence-electron chi connectivity index (χ2n) is 5.85. The van der Waals surface area contributed by atoms with E-state index in [9.17, 15) is 0 Å². The number of hydrogen-bond acceptors (Lipinski definition) is 4. The summed E-state index contributed by atoms with van der Waals surface area (Å²) >= 11 is 0.